The summed E-state index contributed by atoms with van der Waals surface area (Å²) in [5, 5.41) is 14.6. The Morgan fingerprint density at radius 3 is 2.38 bits per heavy atom. The Labute approximate surface area is 142 Å². The molecule has 1 heterocycles. The summed E-state index contributed by atoms with van der Waals surface area (Å²) in [6, 6.07) is 4.44. The molecule has 1 N–H and O–H groups in total. The standard InChI is InChI=1S/C16H23N3O4S/c20-19(21)16-12-14(24(22,23)18-10-4-1-5-11-18)8-9-15(16)17-13-6-2-3-7-13/h8-9,12-13,17H,1-7,10-11H2. The Morgan fingerprint density at radius 1 is 1.08 bits per heavy atom. The fraction of sp³-hybridized carbons (Fsp3) is 0.625. The second-order valence-electron chi connectivity index (χ2n) is 6.53. The minimum Gasteiger partial charge on any atom is -0.377 e. The Bertz CT molecular complexity index is 708. The van der Waals surface area contributed by atoms with Gasteiger partial charge in [0.05, 0.1) is 9.82 Å². The van der Waals surface area contributed by atoms with Crippen LogP contribution in [-0.4, -0.2) is 36.8 Å². The first-order valence-corrected chi connectivity index (χ1v) is 9.97. The second-order valence-corrected chi connectivity index (χ2v) is 8.46. The lowest BCUT2D eigenvalue weighted by atomic mass is 10.2. The first kappa shape index (κ1) is 17.2. The summed E-state index contributed by atoms with van der Waals surface area (Å²) in [6.07, 6.45) is 6.91. The Balaban J connectivity index is 1.89. The van der Waals surface area contributed by atoms with Gasteiger partial charge in [-0.1, -0.05) is 19.3 Å². The van der Waals surface area contributed by atoms with Crippen LogP contribution in [-0.2, 0) is 10.0 Å². The highest BCUT2D eigenvalue weighted by atomic mass is 32.2. The van der Waals surface area contributed by atoms with E-state index in [1.54, 1.807) is 0 Å². The van der Waals surface area contributed by atoms with E-state index in [-0.39, 0.29) is 16.6 Å². The van der Waals surface area contributed by atoms with Crippen molar-refractivity contribution in [1.29, 1.82) is 0 Å². The lowest BCUT2D eigenvalue weighted by molar-refractivity contribution is -0.384. The number of hydrogen-bond donors (Lipinski definition) is 1. The predicted molar refractivity (Wildman–Crippen MR) is 91.6 cm³/mol. The molecule has 1 aliphatic carbocycles. The van der Waals surface area contributed by atoms with Crippen LogP contribution in [0.5, 0.6) is 0 Å². The molecule has 24 heavy (non-hydrogen) atoms. The quantitative estimate of drug-likeness (QED) is 0.648. The van der Waals surface area contributed by atoms with Gasteiger partial charge in [0.25, 0.3) is 5.69 Å². The van der Waals surface area contributed by atoms with Crippen LogP contribution < -0.4 is 5.32 Å². The Hall–Kier alpha value is -1.67. The van der Waals surface area contributed by atoms with E-state index in [0.29, 0.717) is 18.8 Å². The lowest BCUT2D eigenvalue weighted by Crippen LogP contribution is -2.35. The van der Waals surface area contributed by atoms with Gasteiger partial charge in [-0.25, -0.2) is 8.42 Å². The van der Waals surface area contributed by atoms with E-state index in [4.69, 9.17) is 0 Å². The predicted octanol–water partition coefficient (Wildman–Crippen LogP) is 3.12. The van der Waals surface area contributed by atoms with Crippen molar-refractivity contribution in [3.63, 3.8) is 0 Å². The van der Waals surface area contributed by atoms with Gasteiger partial charge in [0.15, 0.2) is 0 Å². The summed E-state index contributed by atoms with van der Waals surface area (Å²) < 4.78 is 26.8. The van der Waals surface area contributed by atoms with Gasteiger partial charge in [-0.2, -0.15) is 4.31 Å². The van der Waals surface area contributed by atoms with E-state index in [1.807, 2.05) is 0 Å². The molecule has 2 aliphatic rings. The van der Waals surface area contributed by atoms with Crippen LogP contribution in [0.25, 0.3) is 0 Å². The molecular formula is C16H23N3O4S. The molecule has 3 rings (SSSR count). The summed E-state index contributed by atoms with van der Waals surface area (Å²) in [5.41, 5.74) is 0.240. The highest BCUT2D eigenvalue weighted by Crippen LogP contribution is 2.32. The summed E-state index contributed by atoms with van der Waals surface area (Å²) in [5.74, 6) is 0. The van der Waals surface area contributed by atoms with Gasteiger partial charge >= 0.3 is 0 Å². The molecule has 0 unspecified atom stereocenters. The van der Waals surface area contributed by atoms with E-state index in [2.05, 4.69) is 5.32 Å². The molecule has 132 valence electrons. The minimum absolute atomic E-state index is 0.00747. The monoisotopic (exact) mass is 353 g/mol. The van der Waals surface area contributed by atoms with Crippen LogP contribution >= 0.6 is 0 Å². The largest absolute Gasteiger partial charge is 0.377 e. The number of nitrogens with one attached hydrogen (secondary N) is 1. The normalized spacial score (nSPS) is 20.2. The molecule has 0 amide bonds. The van der Waals surface area contributed by atoms with Crippen molar-refractivity contribution in [3.05, 3.63) is 28.3 Å². The zero-order valence-corrected chi connectivity index (χ0v) is 14.4. The zero-order chi connectivity index (χ0) is 17.2. The SMILES string of the molecule is O=[N+]([O-])c1cc(S(=O)(=O)N2CCCCC2)ccc1NC1CCCC1. The highest BCUT2D eigenvalue weighted by molar-refractivity contribution is 7.89. The third kappa shape index (κ3) is 3.54. The number of sulfonamides is 1. The van der Waals surface area contributed by atoms with Crippen molar-refractivity contribution in [2.45, 2.75) is 55.9 Å². The Morgan fingerprint density at radius 2 is 1.75 bits per heavy atom. The maximum absolute atomic E-state index is 12.7. The Kier molecular flexibility index (Phi) is 5.05. The summed E-state index contributed by atoms with van der Waals surface area (Å²) >= 11 is 0. The molecule has 8 heteroatoms. The first-order chi connectivity index (χ1) is 11.5. The van der Waals surface area contributed by atoms with E-state index in [9.17, 15) is 18.5 Å². The van der Waals surface area contributed by atoms with Gasteiger partial charge in [0.2, 0.25) is 10.0 Å². The molecule has 2 fully saturated rings. The number of nitrogens with zero attached hydrogens (tertiary/aromatic N) is 2. The highest BCUT2D eigenvalue weighted by Gasteiger charge is 2.29. The average molecular weight is 353 g/mol. The molecule has 0 atom stereocenters. The molecule has 0 radical (unpaired) electrons. The molecule has 1 aromatic rings. The first-order valence-electron chi connectivity index (χ1n) is 8.53. The molecule has 0 spiro atoms. The van der Waals surface area contributed by atoms with E-state index in [0.717, 1.165) is 44.9 Å². The fourth-order valence-corrected chi connectivity index (χ4v) is 5.03. The molecule has 1 saturated heterocycles. The van der Waals surface area contributed by atoms with Crippen LogP contribution in [0.4, 0.5) is 11.4 Å². The number of nitro groups is 1. The molecule has 1 aromatic carbocycles. The second kappa shape index (κ2) is 7.06. The molecule has 0 bridgehead atoms. The zero-order valence-electron chi connectivity index (χ0n) is 13.6. The minimum atomic E-state index is -3.66. The lowest BCUT2D eigenvalue weighted by Gasteiger charge is -2.26. The summed E-state index contributed by atoms with van der Waals surface area (Å²) in [4.78, 5) is 10.9. The van der Waals surface area contributed by atoms with E-state index >= 15 is 0 Å². The van der Waals surface area contributed by atoms with Crippen LogP contribution in [0.15, 0.2) is 23.1 Å². The van der Waals surface area contributed by atoms with Crippen molar-refractivity contribution in [2.24, 2.45) is 0 Å². The number of nitro benzene ring substituents is 1. The number of rotatable bonds is 5. The molecular weight excluding hydrogens is 330 g/mol. The number of anilines is 1. The third-order valence-electron chi connectivity index (χ3n) is 4.83. The average Bonchev–Trinajstić information content (AvgIpc) is 3.08. The van der Waals surface area contributed by atoms with Gasteiger partial charge in [-0.05, 0) is 37.8 Å². The smallest absolute Gasteiger partial charge is 0.293 e. The van der Waals surface area contributed by atoms with Gasteiger partial charge < -0.3 is 5.32 Å². The van der Waals surface area contributed by atoms with Crippen molar-refractivity contribution in [2.75, 3.05) is 18.4 Å². The van der Waals surface area contributed by atoms with Crippen LogP contribution in [0.1, 0.15) is 44.9 Å². The summed E-state index contributed by atoms with van der Waals surface area (Å²) in [7, 11) is -3.66. The maximum atomic E-state index is 12.7. The molecule has 0 aromatic heterocycles. The van der Waals surface area contributed by atoms with Gasteiger partial charge in [-0.15, -0.1) is 0 Å². The number of hydrogen-bond acceptors (Lipinski definition) is 5. The summed E-state index contributed by atoms with van der Waals surface area (Å²) in [6.45, 7) is 0.969. The van der Waals surface area contributed by atoms with Crippen molar-refractivity contribution in [1.82, 2.24) is 4.31 Å². The van der Waals surface area contributed by atoms with E-state index in [1.165, 1.54) is 22.5 Å². The van der Waals surface area contributed by atoms with Gasteiger partial charge in [-0.3, -0.25) is 10.1 Å². The fourth-order valence-electron chi connectivity index (χ4n) is 3.49. The van der Waals surface area contributed by atoms with E-state index < -0.39 is 14.9 Å². The number of benzene rings is 1. The van der Waals surface area contributed by atoms with Gasteiger partial charge in [0.1, 0.15) is 5.69 Å². The topological polar surface area (TPSA) is 92.5 Å². The van der Waals surface area contributed by atoms with Crippen molar-refractivity contribution < 1.29 is 13.3 Å². The molecule has 1 saturated carbocycles. The number of piperidine rings is 1. The van der Waals surface area contributed by atoms with Gasteiger partial charge in [0, 0.05) is 25.2 Å². The van der Waals surface area contributed by atoms with Crippen LogP contribution in [0.2, 0.25) is 0 Å². The van der Waals surface area contributed by atoms with Crippen molar-refractivity contribution in [3.8, 4) is 0 Å². The third-order valence-corrected chi connectivity index (χ3v) is 6.73. The van der Waals surface area contributed by atoms with Crippen LogP contribution in [0, 0.1) is 10.1 Å². The van der Waals surface area contributed by atoms with Crippen LogP contribution in [0.3, 0.4) is 0 Å². The molecule has 1 aliphatic heterocycles. The molecule has 7 nitrogen and oxygen atoms in total. The van der Waals surface area contributed by atoms with Crippen molar-refractivity contribution >= 4 is 21.4 Å². The maximum Gasteiger partial charge on any atom is 0.293 e.